The van der Waals surface area contributed by atoms with Crippen molar-refractivity contribution < 1.29 is 14.6 Å². The number of ether oxygens (including phenoxy) is 2. The van der Waals surface area contributed by atoms with Gasteiger partial charge in [0.1, 0.15) is 0 Å². The average molecular weight is 360 g/mol. The molecule has 1 rings (SSSR count). The molecular formula is C16H26BrNO3. The van der Waals surface area contributed by atoms with Gasteiger partial charge in [0.15, 0.2) is 11.5 Å². The van der Waals surface area contributed by atoms with Crippen LogP contribution in [0, 0.1) is 0 Å². The summed E-state index contributed by atoms with van der Waals surface area (Å²) in [5, 5.41) is 12.5. The van der Waals surface area contributed by atoms with Gasteiger partial charge < -0.3 is 19.9 Å². The van der Waals surface area contributed by atoms with Gasteiger partial charge in [-0.25, -0.2) is 0 Å². The van der Waals surface area contributed by atoms with E-state index in [4.69, 9.17) is 9.47 Å². The number of aliphatic hydroxyl groups is 1. The Bertz CT molecular complexity index is 434. The van der Waals surface area contributed by atoms with Crippen molar-refractivity contribution in [3.05, 3.63) is 22.2 Å². The molecule has 120 valence electrons. The Kier molecular flexibility index (Phi) is 8.07. The van der Waals surface area contributed by atoms with Gasteiger partial charge in [0.2, 0.25) is 0 Å². The summed E-state index contributed by atoms with van der Waals surface area (Å²) < 4.78 is 12.4. The second-order valence-corrected chi connectivity index (χ2v) is 6.03. The maximum Gasteiger partial charge on any atom is 0.175 e. The fourth-order valence-electron chi connectivity index (χ4n) is 1.94. The van der Waals surface area contributed by atoms with E-state index in [1.54, 1.807) is 0 Å². The quantitative estimate of drug-likeness (QED) is 0.708. The molecule has 1 aromatic carbocycles. The summed E-state index contributed by atoms with van der Waals surface area (Å²) in [6.45, 7) is 9.40. The van der Waals surface area contributed by atoms with Gasteiger partial charge in [-0.15, -0.1) is 0 Å². The summed E-state index contributed by atoms with van der Waals surface area (Å²) in [5.41, 5.74) is 1.09. The summed E-state index contributed by atoms with van der Waals surface area (Å²) in [6, 6.07) is 4.13. The number of rotatable bonds is 9. The molecule has 0 amide bonds. The Hall–Kier alpha value is -0.780. The van der Waals surface area contributed by atoms with Gasteiger partial charge >= 0.3 is 0 Å². The molecule has 0 aromatic heterocycles. The van der Waals surface area contributed by atoms with E-state index >= 15 is 0 Å². The topological polar surface area (TPSA) is 50.7 Å². The lowest BCUT2D eigenvalue weighted by atomic mass is 10.1. The molecule has 0 aliphatic carbocycles. The summed E-state index contributed by atoms with van der Waals surface area (Å²) >= 11 is 3.56. The van der Waals surface area contributed by atoms with Gasteiger partial charge in [0, 0.05) is 12.6 Å². The monoisotopic (exact) mass is 359 g/mol. The van der Waals surface area contributed by atoms with Gasteiger partial charge in [-0.1, -0.05) is 6.92 Å². The first kappa shape index (κ1) is 18.3. The SMILES string of the molecule is CCOc1cc(CNC(CC)CO)cc(Br)c1OC(C)C. The third-order valence-electron chi connectivity index (χ3n) is 3.03. The molecule has 1 atom stereocenters. The van der Waals surface area contributed by atoms with E-state index < -0.39 is 0 Å². The van der Waals surface area contributed by atoms with Crippen molar-refractivity contribution in [3.8, 4) is 11.5 Å². The highest BCUT2D eigenvalue weighted by Crippen LogP contribution is 2.37. The molecular weight excluding hydrogens is 334 g/mol. The van der Waals surface area contributed by atoms with Gasteiger partial charge in [0.05, 0.1) is 23.8 Å². The van der Waals surface area contributed by atoms with Gasteiger partial charge in [-0.2, -0.15) is 0 Å². The van der Waals surface area contributed by atoms with Crippen LogP contribution in [0.5, 0.6) is 11.5 Å². The van der Waals surface area contributed by atoms with Crippen LogP contribution in [0.3, 0.4) is 0 Å². The Morgan fingerprint density at radius 1 is 1.29 bits per heavy atom. The molecule has 4 nitrogen and oxygen atoms in total. The van der Waals surface area contributed by atoms with Gasteiger partial charge in [-0.05, 0) is 60.8 Å². The van der Waals surface area contributed by atoms with E-state index in [9.17, 15) is 5.11 Å². The van der Waals surface area contributed by atoms with Crippen LogP contribution < -0.4 is 14.8 Å². The fraction of sp³-hybridized carbons (Fsp3) is 0.625. The molecule has 1 unspecified atom stereocenters. The van der Waals surface area contributed by atoms with E-state index in [1.165, 1.54) is 0 Å². The van der Waals surface area contributed by atoms with Crippen LogP contribution in [0.1, 0.15) is 39.7 Å². The predicted octanol–water partition coefficient (Wildman–Crippen LogP) is 3.50. The van der Waals surface area contributed by atoms with Crippen LogP contribution in [0.25, 0.3) is 0 Å². The largest absolute Gasteiger partial charge is 0.490 e. The predicted molar refractivity (Wildman–Crippen MR) is 89.1 cm³/mol. The van der Waals surface area contributed by atoms with Crippen molar-refractivity contribution in [1.29, 1.82) is 0 Å². The zero-order valence-electron chi connectivity index (χ0n) is 13.3. The number of hydrogen-bond acceptors (Lipinski definition) is 4. The molecule has 0 aliphatic heterocycles. The third-order valence-corrected chi connectivity index (χ3v) is 3.62. The highest BCUT2D eigenvalue weighted by molar-refractivity contribution is 9.10. The van der Waals surface area contributed by atoms with Crippen LogP contribution in [0.2, 0.25) is 0 Å². The Morgan fingerprint density at radius 3 is 2.52 bits per heavy atom. The maximum absolute atomic E-state index is 9.22. The van der Waals surface area contributed by atoms with Crippen LogP contribution in [-0.2, 0) is 6.54 Å². The van der Waals surface area contributed by atoms with E-state index in [0.717, 1.165) is 28.0 Å². The van der Waals surface area contributed by atoms with Crippen molar-refractivity contribution in [3.63, 3.8) is 0 Å². The first-order valence-corrected chi connectivity index (χ1v) is 8.27. The number of benzene rings is 1. The standard InChI is InChI=1S/C16H26BrNO3/c1-5-13(10-19)18-9-12-7-14(17)16(21-11(3)4)15(8-12)20-6-2/h7-8,11,13,18-19H,5-6,9-10H2,1-4H3. The third kappa shape index (κ3) is 5.85. The van der Waals surface area contributed by atoms with Crippen molar-refractivity contribution in [2.24, 2.45) is 0 Å². The number of halogens is 1. The van der Waals surface area contributed by atoms with Crippen LogP contribution >= 0.6 is 15.9 Å². The molecule has 0 aliphatic rings. The summed E-state index contributed by atoms with van der Waals surface area (Å²) in [4.78, 5) is 0. The molecule has 0 fully saturated rings. The normalized spacial score (nSPS) is 12.5. The minimum atomic E-state index is 0.0864. The molecule has 0 radical (unpaired) electrons. The minimum Gasteiger partial charge on any atom is -0.490 e. The first-order valence-electron chi connectivity index (χ1n) is 7.47. The second kappa shape index (κ2) is 9.28. The Balaban J connectivity index is 2.92. The molecule has 0 saturated heterocycles. The Morgan fingerprint density at radius 2 is 2.00 bits per heavy atom. The second-order valence-electron chi connectivity index (χ2n) is 5.17. The lowest BCUT2D eigenvalue weighted by Gasteiger charge is -2.19. The van der Waals surface area contributed by atoms with Crippen molar-refractivity contribution >= 4 is 15.9 Å². The molecule has 21 heavy (non-hydrogen) atoms. The lowest BCUT2D eigenvalue weighted by molar-refractivity contribution is 0.222. The maximum atomic E-state index is 9.22. The van der Waals surface area contributed by atoms with E-state index in [-0.39, 0.29) is 18.8 Å². The summed E-state index contributed by atoms with van der Waals surface area (Å²) in [7, 11) is 0. The highest BCUT2D eigenvalue weighted by Gasteiger charge is 2.14. The molecule has 0 saturated carbocycles. The van der Waals surface area contributed by atoms with Crippen LogP contribution in [0.15, 0.2) is 16.6 Å². The van der Waals surface area contributed by atoms with Gasteiger partial charge in [0.25, 0.3) is 0 Å². The van der Waals surface area contributed by atoms with Crippen molar-refractivity contribution in [2.45, 2.75) is 52.8 Å². The molecule has 0 bridgehead atoms. The van der Waals surface area contributed by atoms with E-state index in [0.29, 0.717) is 13.2 Å². The molecule has 2 N–H and O–H groups in total. The van der Waals surface area contributed by atoms with Gasteiger partial charge in [-0.3, -0.25) is 0 Å². The van der Waals surface area contributed by atoms with Crippen molar-refractivity contribution in [1.82, 2.24) is 5.32 Å². The minimum absolute atomic E-state index is 0.0864. The molecule has 0 spiro atoms. The van der Waals surface area contributed by atoms with Crippen LogP contribution in [-0.4, -0.2) is 30.5 Å². The smallest absolute Gasteiger partial charge is 0.175 e. The highest BCUT2D eigenvalue weighted by atomic mass is 79.9. The number of hydrogen-bond donors (Lipinski definition) is 2. The molecule has 0 heterocycles. The summed E-state index contributed by atoms with van der Waals surface area (Å²) in [6.07, 6.45) is 0.980. The Labute approximate surface area is 136 Å². The zero-order chi connectivity index (χ0) is 15.8. The summed E-state index contributed by atoms with van der Waals surface area (Å²) in [5.74, 6) is 1.49. The molecule has 1 aromatic rings. The first-order chi connectivity index (χ1) is 10.0. The van der Waals surface area contributed by atoms with Crippen LogP contribution in [0.4, 0.5) is 0 Å². The van der Waals surface area contributed by atoms with Crippen molar-refractivity contribution in [2.75, 3.05) is 13.2 Å². The van der Waals surface area contributed by atoms with E-state index in [2.05, 4.69) is 28.2 Å². The average Bonchev–Trinajstić information content (AvgIpc) is 2.43. The number of aliphatic hydroxyl groups excluding tert-OH is 1. The number of nitrogens with one attached hydrogen (secondary N) is 1. The fourth-order valence-corrected chi connectivity index (χ4v) is 2.52. The molecule has 5 heteroatoms. The van der Waals surface area contributed by atoms with E-state index in [1.807, 2.05) is 32.9 Å². The lowest BCUT2D eigenvalue weighted by Crippen LogP contribution is -2.31. The zero-order valence-corrected chi connectivity index (χ0v) is 14.9.